The fourth-order valence-electron chi connectivity index (χ4n) is 2.99. The fraction of sp³-hybridized carbons (Fsp3) is 0.476. The number of hydrogen-bond acceptors (Lipinski definition) is 4. The van der Waals surface area contributed by atoms with Crippen LogP contribution < -0.4 is 5.32 Å². The molecule has 0 radical (unpaired) electrons. The molecule has 0 bridgehead atoms. The first-order chi connectivity index (χ1) is 13.0. The first kappa shape index (κ1) is 20.7. The van der Waals surface area contributed by atoms with Gasteiger partial charge in [-0.15, -0.1) is 0 Å². The molecule has 2 amide bonds. The Labute approximate surface area is 160 Å². The van der Waals surface area contributed by atoms with Gasteiger partial charge in [0.15, 0.2) is 6.61 Å². The van der Waals surface area contributed by atoms with Crippen molar-refractivity contribution in [2.75, 3.05) is 13.2 Å². The molecule has 0 spiro atoms. The highest BCUT2D eigenvalue weighted by atomic mass is 16.5. The fourth-order valence-corrected chi connectivity index (χ4v) is 2.99. The summed E-state index contributed by atoms with van der Waals surface area (Å²) in [6.45, 7) is 4.26. The maximum Gasteiger partial charge on any atom is 0.338 e. The molecule has 27 heavy (non-hydrogen) atoms. The zero-order valence-electron chi connectivity index (χ0n) is 16.1. The lowest BCUT2D eigenvalue weighted by Gasteiger charge is -2.27. The average molecular weight is 372 g/mol. The lowest BCUT2D eigenvalue weighted by molar-refractivity contribution is -0.132. The van der Waals surface area contributed by atoms with Crippen molar-refractivity contribution in [3.63, 3.8) is 0 Å². The number of allylic oxidation sites excluding steroid dienone is 2. The molecule has 1 aromatic carbocycles. The normalized spacial score (nSPS) is 13.5. The molecule has 146 valence electrons. The molecule has 0 fully saturated rings. The van der Waals surface area contributed by atoms with Crippen LogP contribution in [0.1, 0.15) is 61.9 Å². The van der Waals surface area contributed by atoms with Gasteiger partial charge in [-0.1, -0.05) is 25.1 Å². The smallest absolute Gasteiger partial charge is 0.338 e. The molecule has 1 aromatic rings. The molecule has 0 unspecified atom stereocenters. The monoisotopic (exact) mass is 372 g/mol. The Balaban J connectivity index is 1.90. The number of carbonyl (C=O) groups is 3. The Morgan fingerprint density at radius 3 is 2.48 bits per heavy atom. The van der Waals surface area contributed by atoms with Crippen LogP contribution in [0.4, 0.5) is 0 Å². The van der Waals surface area contributed by atoms with Crippen molar-refractivity contribution in [3.05, 3.63) is 47.2 Å². The summed E-state index contributed by atoms with van der Waals surface area (Å²) in [5, 5.41) is 2.70. The lowest BCUT2D eigenvalue weighted by Crippen LogP contribution is -2.35. The topological polar surface area (TPSA) is 75.7 Å². The van der Waals surface area contributed by atoms with Crippen molar-refractivity contribution in [2.24, 2.45) is 0 Å². The van der Waals surface area contributed by atoms with Gasteiger partial charge in [-0.2, -0.15) is 0 Å². The minimum Gasteiger partial charge on any atom is -0.452 e. The van der Waals surface area contributed by atoms with Crippen molar-refractivity contribution in [2.45, 2.75) is 52.5 Å². The second-order valence-corrected chi connectivity index (χ2v) is 6.67. The van der Waals surface area contributed by atoms with E-state index in [0.717, 1.165) is 43.4 Å². The average Bonchev–Trinajstić information content (AvgIpc) is 2.69. The zero-order valence-corrected chi connectivity index (χ0v) is 16.1. The molecule has 0 atom stereocenters. The van der Waals surface area contributed by atoms with Crippen molar-refractivity contribution < 1.29 is 19.1 Å². The zero-order chi connectivity index (χ0) is 19.6. The molecule has 2 rings (SSSR count). The first-order valence-electron chi connectivity index (χ1n) is 9.51. The van der Waals surface area contributed by atoms with Gasteiger partial charge in [0.05, 0.1) is 5.56 Å². The van der Waals surface area contributed by atoms with Gasteiger partial charge < -0.3 is 15.0 Å². The number of amides is 2. The molecule has 0 heterocycles. The highest BCUT2D eigenvalue weighted by Crippen LogP contribution is 2.21. The summed E-state index contributed by atoms with van der Waals surface area (Å²) in [5.41, 5.74) is 2.32. The predicted molar refractivity (Wildman–Crippen MR) is 103 cm³/mol. The number of nitrogens with zero attached hydrogens (tertiary/aromatic N) is 1. The standard InChI is InChI=1S/C21H28N2O4/c1-3-13-23(19-7-5-4-6-8-19)20(25)15-27-21(26)18-11-9-17(10-12-18)14-22-16(2)24/h7,9-12H,3-6,8,13-15H2,1-2H3,(H,22,24). The van der Waals surface area contributed by atoms with Crippen LogP contribution in [0, 0.1) is 0 Å². The van der Waals surface area contributed by atoms with Gasteiger partial charge in [-0.05, 0) is 49.8 Å². The molecule has 0 aliphatic heterocycles. The number of esters is 1. The molecular weight excluding hydrogens is 344 g/mol. The highest BCUT2D eigenvalue weighted by molar-refractivity contribution is 5.91. The number of ether oxygens (including phenoxy) is 1. The summed E-state index contributed by atoms with van der Waals surface area (Å²) in [6.07, 6.45) is 7.11. The van der Waals surface area contributed by atoms with E-state index in [4.69, 9.17) is 4.74 Å². The van der Waals surface area contributed by atoms with Crippen molar-refractivity contribution in [1.29, 1.82) is 0 Å². The van der Waals surface area contributed by atoms with Gasteiger partial charge in [0.2, 0.25) is 5.91 Å². The minimum atomic E-state index is -0.525. The van der Waals surface area contributed by atoms with Crippen molar-refractivity contribution in [1.82, 2.24) is 10.2 Å². The highest BCUT2D eigenvalue weighted by Gasteiger charge is 2.20. The van der Waals surface area contributed by atoms with E-state index in [-0.39, 0.29) is 18.4 Å². The molecule has 0 saturated carbocycles. The maximum atomic E-state index is 12.5. The summed E-state index contributed by atoms with van der Waals surface area (Å²) in [4.78, 5) is 37.4. The van der Waals surface area contributed by atoms with E-state index in [1.165, 1.54) is 6.92 Å². The largest absolute Gasteiger partial charge is 0.452 e. The lowest BCUT2D eigenvalue weighted by atomic mass is 10.0. The summed E-state index contributed by atoms with van der Waals surface area (Å²) in [7, 11) is 0. The predicted octanol–water partition coefficient (Wildman–Crippen LogP) is 3.18. The molecular formula is C21H28N2O4. The van der Waals surface area contributed by atoms with Crippen LogP contribution in [0.2, 0.25) is 0 Å². The second-order valence-electron chi connectivity index (χ2n) is 6.67. The summed E-state index contributed by atoms with van der Waals surface area (Å²) in [6, 6.07) is 6.78. The van der Waals surface area contributed by atoms with Crippen LogP contribution in [0.5, 0.6) is 0 Å². The second kappa shape index (κ2) is 10.5. The molecule has 1 aliphatic carbocycles. The van der Waals surface area contributed by atoms with Gasteiger partial charge in [-0.3, -0.25) is 9.59 Å². The number of carbonyl (C=O) groups excluding carboxylic acids is 3. The Bertz CT molecular complexity index is 695. The van der Waals surface area contributed by atoms with Crippen LogP contribution >= 0.6 is 0 Å². The molecule has 6 heteroatoms. The number of benzene rings is 1. The van der Waals surface area contributed by atoms with Gasteiger partial charge in [0.1, 0.15) is 0 Å². The van der Waals surface area contributed by atoms with Crippen LogP contribution in [-0.2, 0) is 20.9 Å². The van der Waals surface area contributed by atoms with Crippen LogP contribution in [0.25, 0.3) is 0 Å². The molecule has 1 aliphatic rings. The minimum absolute atomic E-state index is 0.110. The third-order valence-corrected chi connectivity index (χ3v) is 4.42. The van der Waals surface area contributed by atoms with E-state index >= 15 is 0 Å². The van der Waals surface area contributed by atoms with E-state index in [9.17, 15) is 14.4 Å². The number of rotatable bonds is 8. The van der Waals surface area contributed by atoms with Crippen LogP contribution in [-0.4, -0.2) is 35.8 Å². The maximum absolute atomic E-state index is 12.5. The first-order valence-corrected chi connectivity index (χ1v) is 9.51. The van der Waals surface area contributed by atoms with Gasteiger partial charge >= 0.3 is 5.97 Å². The Morgan fingerprint density at radius 1 is 1.15 bits per heavy atom. The summed E-state index contributed by atoms with van der Waals surface area (Å²) < 4.78 is 5.22. The molecule has 1 N–H and O–H groups in total. The third kappa shape index (κ3) is 6.55. The van der Waals surface area contributed by atoms with E-state index in [1.54, 1.807) is 29.2 Å². The molecule has 0 saturated heterocycles. The summed E-state index contributed by atoms with van der Waals surface area (Å²) in [5.74, 6) is -0.814. The van der Waals surface area contributed by atoms with Crippen LogP contribution in [0.15, 0.2) is 36.0 Å². The SMILES string of the molecule is CCCN(C(=O)COC(=O)c1ccc(CNC(C)=O)cc1)C1=CCCCC1. The Hall–Kier alpha value is -2.63. The van der Waals surface area contributed by atoms with Crippen molar-refractivity contribution >= 4 is 17.8 Å². The Kier molecular flexibility index (Phi) is 8.04. The van der Waals surface area contributed by atoms with Gasteiger partial charge in [0.25, 0.3) is 5.91 Å². The number of nitrogens with one attached hydrogen (secondary N) is 1. The van der Waals surface area contributed by atoms with E-state index in [0.29, 0.717) is 18.7 Å². The van der Waals surface area contributed by atoms with E-state index in [2.05, 4.69) is 11.4 Å². The third-order valence-electron chi connectivity index (χ3n) is 4.42. The van der Waals surface area contributed by atoms with Gasteiger partial charge in [-0.25, -0.2) is 4.79 Å². The molecule has 6 nitrogen and oxygen atoms in total. The molecule has 0 aromatic heterocycles. The summed E-state index contributed by atoms with van der Waals surface area (Å²) >= 11 is 0. The number of hydrogen-bond donors (Lipinski definition) is 1. The quantitative estimate of drug-likeness (QED) is 0.711. The van der Waals surface area contributed by atoms with E-state index in [1.807, 2.05) is 6.92 Å². The Morgan fingerprint density at radius 2 is 1.89 bits per heavy atom. The van der Waals surface area contributed by atoms with Crippen molar-refractivity contribution in [3.8, 4) is 0 Å². The van der Waals surface area contributed by atoms with Gasteiger partial charge in [0, 0.05) is 25.7 Å². The van der Waals surface area contributed by atoms with E-state index < -0.39 is 5.97 Å². The van der Waals surface area contributed by atoms with Crippen LogP contribution in [0.3, 0.4) is 0 Å².